The largest absolute Gasteiger partial charge is 0.493 e. The summed E-state index contributed by atoms with van der Waals surface area (Å²) in [5.41, 5.74) is 0.514. The zero-order chi connectivity index (χ0) is 22.1. The minimum Gasteiger partial charge on any atom is -0.493 e. The van der Waals surface area contributed by atoms with Crippen LogP contribution in [0.1, 0.15) is 22.8 Å². The Bertz CT molecular complexity index is 959. The number of esters is 1. The standard InChI is InChI=1S/C20H21N3O7/c1-3-29-16-10-5-4-8-14(16)20(26)21-11-18(25)30-12-17(24)22-19-13(2)7-6-9-15(19)23(27)28/h4-10H,3,11-12H2,1-2H3,(H,21,26)(H,22,24). The average Bonchev–Trinajstić information content (AvgIpc) is 2.72. The van der Waals surface area contributed by atoms with Gasteiger partial charge in [0.2, 0.25) is 0 Å². The molecule has 2 rings (SSSR count). The summed E-state index contributed by atoms with van der Waals surface area (Å²) in [5.74, 6) is -1.73. The van der Waals surface area contributed by atoms with Crippen LogP contribution in [0.25, 0.3) is 0 Å². The fourth-order valence-electron chi connectivity index (χ4n) is 2.52. The Hall–Kier alpha value is -3.95. The van der Waals surface area contributed by atoms with Gasteiger partial charge < -0.3 is 20.1 Å². The van der Waals surface area contributed by atoms with Crippen molar-refractivity contribution < 1.29 is 28.8 Å². The molecule has 2 N–H and O–H groups in total. The van der Waals surface area contributed by atoms with Crippen LogP contribution in [-0.2, 0) is 14.3 Å². The monoisotopic (exact) mass is 415 g/mol. The van der Waals surface area contributed by atoms with Crippen LogP contribution in [0.15, 0.2) is 42.5 Å². The van der Waals surface area contributed by atoms with Crippen LogP contribution >= 0.6 is 0 Å². The number of ether oxygens (including phenoxy) is 2. The van der Waals surface area contributed by atoms with Gasteiger partial charge in [-0.1, -0.05) is 24.3 Å². The molecular formula is C20H21N3O7. The number of nitrogens with zero attached hydrogens (tertiary/aromatic N) is 1. The zero-order valence-corrected chi connectivity index (χ0v) is 16.5. The molecule has 0 unspecified atom stereocenters. The molecule has 0 aromatic heterocycles. The SMILES string of the molecule is CCOc1ccccc1C(=O)NCC(=O)OCC(=O)Nc1c(C)cccc1[N+](=O)[O-]. The number of carbonyl (C=O) groups excluding carboxylic acids is 3. The van der Waals surface area contributed by atoms with Crippen LogP contribution in [0, 0.1) is 17.0 Å². The van der Waals surface area contributed by atoms with E-state index in [0.29, 0.717) is 17.9 Å². The molecule has 0 radical (unpaired) electrons. The van der Waals surface area contributed by atoms with E-state index in [9.17, 15) is 24.5 Å². The van der Waals surface area contributed by atoms with Crippen LogP contribution in [0.3, 0.4) is 0 Å². The lowest BCUT2D eigenvalue weighted by atomic mass is 10.1. The number of hydrogen-bond acceptors (Lipinski definition) is 7. The van der Waals surface area contributed by atoms with Crippen LogP contribution in [0.4, 0.5) is 11.4 Å². The van der Waals surface area contributed by atoms with Crippen molar-refractivity contribution in [2.45, 2.75) is 13.8 Å². The van der Waals surface area contributed by atoms with Gasteiger partial charge in [0.05, 0.1) is 17.1 Å². The predicted molar refractivity (Wildman–Crippen MR) is 107 cm³/mol. The summed E-state index contributed by atoms with van der Waals surface area (Å²) in [6.45, 7) is 2.64. The van der Waals surface area contributed by atoms with Crippen LogP contribution < -0.4 is 15.4 Å². The van der Waals surface area contributed by atoms with Gasteiger partial charge in [-0.3, -0.25) is 24.5 Å². The molecule has 0 aliphatic heterocycles. The summed E-state index contributed by atoms with van der Waals surface area (Å²) in [4.78, 5) is 46.5. The lowest BCUT2D eigenvalue weighted by Gasteiger charge is -2.11. The Balaban J connectivity index is 1.86. The number of nitro benzene ring substituents is 1. The number of aryl methyl sites for hydroxylation is 1. The van der Waals surface area contributed by atoms with Gasteiger partial charge in [0, 0.05) is 6.07 Å². The summed E-state index contributed by atoms with van der Waals surface area (Å²) in [6, 6.07) is 10.9. The summed E-state index contributed by atoms with van der Waals surface area (Å²) < 4.78 is 10.2. The van der Waals surface area contributed by atoms with Crippen molar-refractivity contribution in [2.24, 2.45) is 0 Å². The maximum atomic E-state index is 12.2. The molecular weight excluding hydrogens is 394 g/mol. The van der Waals surface area contributed by atoms with Gasteiger partial charge in [-0.25, -0.2) is 0 Å². The van der Waals surface area contributed by atoms with Crippen molar-refractivity contribution in [1.29, 1.82) is 0 Å². The second kappa shape index (κ2) is 10.6. The van der Waals surface area contributed by atoms with Crippen molar-refractivity contribution >= 4 is 29.2 Å². The van der Waals surface area contributed by atoms with E-state index in [-0.39, 0.29) is 16.9 Å². The van der Waals surface area contributed by atoms with E-state index >= 15 is 0 Å². The molecule has 0 fully saturated rings. The Morgan fingerprint density at radius 2 is 1.83 bits per heavy atom. The second-order valence-electron chi connectivity index (χ2n) is 6.05. The van der Waals surface area contributed by atoms with Gasteiger partial charge in [0.1, 0.15) is 18.0 Å². The number of nitrogens with one attached hydrogen (secondary N) is 2. The highest BCUT2D eigenvalue weighted by Gasteiger charge is 2.19. The summed E-state index contributed by atoms with van der Waals surface area (Å²) in [6.07, 6.45) is 0. The fraction of sp³-hybridized carbons (Fsp3) is 0.250. The van der Waals surface area contributed by atoms with E-state index in [1.54, 1.807) is 44.2 Å². The molecule has 0 spiro atoms. The molecule has 0 atom stereocenters. The molecule has 2 amide bonds. The molecule has 0 bridgehead atoms. The Morgan fingerprint density at radius 1 is 1.10 bits per heavy atom. The van der Waals surface area contributed by atoms with Crippen molar-refractivity contribution in [3.63, 3.8) is 0 Å². The van der Waals surface area contributed by atoms with Gasteiger partial charge in [0.15, 0.2) is 6.61 Å². The Kier molecular flexibility index (Phi) is 7.86. The number of para-hydroxylation sites is 2. The number of nitro groups is 1. The lowest BCUT2D eigenvalue weighted by molar-refractivity contribution is -0.384. The topological polar surface area (TPSA) is 137 Å². The van der Waals surface area contributed by atoms with E-state index in [2.05, 4.69) is 10.6 Å². The number of rotatable bonds is 9. The van der Waals surface area contributed by atoms with Gasteiger partial charge in [-0.05, 0) is 31.5 Å². The molecule has 10 heteroatoms. The third kappa shape index (κ3) is 6.03. The molecule has 10 nitrogen and oxygen atoms in total. The molecule has 30 heavy (non-hydrogen) atoms. The number of amides is 2. The molecule has 0 heterocycles. The second-order valence-corrected chi connectivity index (χ2v) is 6.05. The number of carbonyl (C=O) groups is 3. The molecule has 2 aromatic carbocycles. The van der Waals surface area contributed by atoms with Crippen molar-refractivity contribution in [2.75, 3.05) is 25.1 Å². The molecule has 158 valence electrons. The minimum absolute atomic E-state index is 0.0318. The summed E-state index contributed by atoms with van der Waals surface area (Å²) >= 11 is 0. The first-order valence-electron chi connectivity index (χ1n) is 9.03. The van der Waals surface area contributed by atoms with E-state index in [1.165, 1.54) is 12.1 Å². The zero-order valence-electron chi connectivity index (χ0n) is 16.5. The van der Waals surface area contributed by atoms with Crippen molar-refractivity contribution in [3.05, 3.63) is 63.7 Å². The van der Waals surface area contributed by atoms with E-state index in [0.717, 1.165) is 0 Å². The van der Waals surface area contributed by atoms with Crippen molar-refractivity contribution in [3.8, 4) is 5.75 Å². The number of benzene rings is 2. The highest BCUT2D eigenvalue weighted by atomic mass is 16.6. The van der Waals surface area contributed by atoms with Crippen LogP contribution in [-0.4, -0.2) is 42.5 Å². The minimum atomic E-state index is -0.841. The third-order valence-electron chi connectivity index (χ3n) is 3.90. The first-order chi connectivity index (χ1) is 14.3. The van der Waals surface area contributed by atoms with E-state index < -0.39 is 35.9 Å². The fourth-order valence-corrected chi connectivity index (χ4v) is 2.52. The van der Waals surface area contributed by atoms with E-state index in [1.807, 2.05) is 0 Å². The molecule has 0 aliphatic carbocycles. The third-order valence-corrected chi connectivity index (χ3v) is 3.90. The quantitative estimate of drug-likeness (QED) is 0.364. The maximum Gasteiger partial charge on any atom is 0.325 e. The smallest absolute Gasteiger partial charge is 0.325 e. The number of anilines is 1. The van der Waals surface area contributed by atoms with Crippen LogP contribution in [0.2, 0.25) is 0 Å². The van der Waals surface area contributed by atoms with Crippen LogP contribution in [0.5, 0.6) is 5.75 Å². The normalized spacial score (nSPS) is 10.1. The first-order valence-corrected chi connectivity index (χ1v) is 9.03. The van der Waals surface area contributed by atoms with Gasteiger partial charge in [-0.2, -0.15) is 0 Å². The van der Waals surface area contributed by atoms with E-state index in [4.69, 9.17) is 9.47 Å². The first kappa shape index (κ1) is 22.3. The van der Waals surface area contributed by atoms with Gasteiger partial charge in [0.25, 0.3) is 17.5 Å². The molecule has 0 saturated heterocycles. The highest BCUT2D eigenvalue weighted by molar-refractivity contribution is 5.99. The van der Waals surface area contributed by atoms with Gasteiger partial charge >= 0.3 is 5.97 Å². The predicted octanol–water partition coefficient (Wildman–Crippen LogP) is 2.21. The summed E-state index contributed by atoms with van der Waals surface area (Å²) in [7, 11) is 0. The average molecular weight is 415 g/mol. The Morgan fingerprint density at radius 3 is 2.53 bits per heavy atom. The van der Waals surface area contributed by atoms with Gasteiger partial charge in [-0.15, -0.1) is 0 Å². The highest BCUT2D eigenvalue weighted by Crippen LogP contribution is 2.27. The molecule has 0 aliphatic rings. The lowest BCUT2D eigenvalue weighted by Crippen LogP contribution is -2.32. The molecule has 0 saturated carbocycles. The maximum absolute atomic E-state index is 12.2. The Labute approximate surface area is 172 Å². The van der Waals surface area contributed by atoms with Crippen molar-refractivity contribution in [1.82, 2.24) is 5.32 Å². The number of hydrogen-bond donors (Lipinski definition) is 2. The molecule has 2 aromatic rings. The summed E-state index contributed by atoms with van der Waals surface area (Å²) in [5, 5.41) is 15.8.